The summed E-state index contributed by atoms with van der Waals surface area (Å²) < 4.78 is 1.99. The summed E-state index contributed by atoms with van der Waals surface area (Å²) in [7, 11) is 0. The van der Waals surface area contributed by atoms with Crippen molar-refractivity contribution in [3.8, 4) is 0 Å². The Balaban J connectivity index is 1.54. The Morgan fingerprint density at radius 3 is 2.54 bits per heavy atom. The van der Waals surface area contributed by atoms with Gasteiger partial charge in [0.05, 0.1) is 11.9 Å². The molecule has 5 heteroatoms. The predicted octanol–water partition coefficient (Wildman–Crippen LogP) is 3.23. The second-order valence-electron chi connectivity index (χ2n) is 8.24. The summed E-state index contributed by atoms with van der Waals surface area (Å²) in [6, 6.07) is 3.08. The number of nitrogens with zero attached hydrogens (tertiary/aromatic N) is 3. The van der Waals surface area contributed by atoms with E-state index in [1.54, 1.807) is 0 Å². The van der Waals surface area contributed by atoms with Crippen LogP contribution in [0.4, 0.5) is 5.82 Å². The Bertz CT molecular complexity index is 746. The van der Waals surface area contributed by atoms with Crippen LogP contribution in [0.25, 0.3) is 5.65 Å². The zero-order valence-electron chi connectivity index (χ0n) is 14.4. The zero-order chi connectivity index (χ0) is 16.3. The molecule has 5 rings (SSSR count). The van der Waals surface area contributed by atoms with E-state index in [0.29, 0.717) is 18.0 Å². The summed E-state index contributed by atoms with van der Waals surface area (Å²) in [6.45, 7) is 2.11. The van der Waals surface area contributed by atoms with Gasteiger partial charge in [-0.2, -0.15) is 9.61 Å². The molecule has 0 amide bonds. The first-order valence-corrected chi connectivity index (χ1v) is 9.56. The molecule has 5 nitrogen and oxygen atoms in total. The second-order valence-corrected chi connectivity index (χ2v) is 8.24. The van der Waals surface area contributed by atoms with Crippen molar-refractivity contribution in [1.82, 2.24) is 14.6 Å². The van der Waals surface area contributed by atoms with Crippen LogP contribution in [-0.2, 0) is 0 Å². The minimum atomic E-state index is 0.337. The Kier molecular flexibility index (Phi) is 3.34. The average Bonchev–Trinajstić information content (AvgIpc) is 3.48. The second kappa shape index (κ2) is 5.45. The molecule has 2 atom stereocenters. The number of nitrogens with one attached hydrogen (secondary N) is 1. The Labute approximate surface area is 143 Å². The summed E-state index contributed by atoms with van der Waals surface area (Å²) >= 11 is 0. The third-order valence-electron chi connectivity index (χ3n) is 6.09. The van der Waals surface area contributed by atoms with Gasteiger partial charge < -0.3 is 11.1 Å². The van der Waals surface area contributed by atoms with Crippen molar-refractivity contribution in [2.45, 2.75) is 69.9 Å². The lowest BCUT2D eigenvalue weighted by molar-refractivity contribution is 0.524. The SMILES string of the molecule is Cc1cnn2c(N[C@H]3CC[C@H](N)C3)cc(C(C3CC3)C3CC3)nc12. The molecule has 2 heterocycles. The van der Waals surface area contributed by atoms with Crippen molar-refractivity contribution in [2.75, 3.05) is 5.32 Å². The van der Waals surface area contributed by atoms with Gasteiger partial charge in [0.2, 0.25) is 0 Å². The standard InChI is InChI=1S/C19H27N5/c1-11-10-21-24-17(22-15-7-6-14(20)8-15)9-16(23-19(11)24)18(12-2-3-12)13-4-5-13/h9-10,12-15,18,22H,2-8,20H2,1H3/t14-,15-/m0/s1. The maximum atomic E-state index is 6.09. The van der Waals surface area contributed by atoms with E-state index in [1.807, 2.05) is 10.7 Å². The van der Waals surface area contributed by atoms with Crippen LogP contribution in [0, 0.1) is 18.8 Å². The van der Waals surface area contributed by atoms with Crippen molar-refractivity contribution in [1.29, 1.82) is 0 Å². The lowest BCUT2D eigenvalue weighted by atomic mass is 9.93. The maximum absolute atomic E-state index is 6.09. The van der Waals surface area contributed by atoms with Gasteiger partial charge in [-0.15, -0.1) is 0 Å². The molecule has 3 aliphatic carbocycles. The van der Waals surface area contributed by atoms with Crippen molar-refractivity contribution in [3.05, 3.63) is 23.5 Å². The molecule has 0 unspecified atom stereocenters. The number of aryl methyl sites for hydroxylation is 1. The van der Waals surface area contributed by atoms with Gasteiger partial charge in [0.25, 0.3) is 0 Å². The normalized spacial score (nSPS) is 27.3. The van der Waals surface area contributed by atoms with Crippen LogP contribution in [0.5, 0.6) is 0 Å². The molecular formula is C19H27N5. The molecular weight excluding hydrogens is 298 g/mol. The molecule has 3 N–H and O–H groups in total. The molecule has 0 aliphatic heterocycles. The Morgan fingerprint density at radius 2 is 1.92 bits per heavy atom. The molecule has 0 radical (unpaired) electrons. The average molecular weight is 325 g/mol. The molecule has 0 bridgehead atoms. The van der Waals surface area contributed by atoms with E-state index in [-0.39, 0.29) is 0 Å². The van der Waals surface area contributed by atoms with E-state index in [2.05, 4.69) is 23.4 Å². The van der Waals surface area contributed by atoms with Gasteiger partial charge in [-0.05, 0) is 63.7 Å². The summed E-state index contributed by atoms with van der Waals surface area (Å²) in [5, 5.41) is 8.28. The topological polar surface area (TPSA) is 68.2 Å². The van der Waals surface area contributed by atoms with Crippen LogP contribution in [0.3, 0.4) is 0 Å². The highest BCUT2D eigenvalue weighted by molar-refractivity contribution is 5.55. The summed E-state index contributed by atoms with van der Waals surface area (Å²) in [5.74, 6) is 3.50. The smallest absolute Gasteiger partial charge is 0.160 e. The Hall–Kier alpha value is -1.62. The van der Waals surface area contributed by atoms with Gasteiger partial charge in [-0.25, -0.2) is 4.98 Å². The van der Waals surface area contributed by atoms with Crippen molar-refractivity contribution in [3.63, 3.8) is 0 Å². The molecule has 0 aromatic carbocycles. The van der Waals surface area contributed by atoms with Crippen molar-refractivity contribution >= 4 is 11.5 Å². The largest absolute Gasteiger partial charge is 0.367 e. The van der Waals surface area contributed by atoms with E-state index in [9.17, 15) is 0 Å². The van der Waals surface area contributed by atoms with Crippen LogP contribution in [0.1, 0.15) is 62.1 Å². The van der Waals surface area contributed by atoms with E-state index in [1.165, 1.54) is 31.4 Å². The molecule has 3 fully saturated rings. The molecule has 2 aromatic heterocycles. The molecule has 3 aliphatic rings. The first-order chi connectivity index (χ1) is 11.7. The Morgan fingerprint density at radius 1 is 1.17 bits per heavy atom. The first kappa shape index (κ1) is 14.7. The highest BCUT2D eigenvalue weighted by Gasteiger charge is 2.43. The number of hydrogen-bond acceptors (Lipinski definition) is 4. The van der Waals surface area contributed by atoms with E-state index in [4.69, 9.17) is 10.7 Å². The number of fused-ring (bicyclic) bond motifs is 1. The van der Waals surface area contributed by atoms with Crippen LogP contribution in [0.15, 0.2) is 12.3 Å². The van der Waals surface area contributed by atoms with Gasteiger partial charge in [0.1, 0.15) is 5.82 Å². The number of aromatic nitrogens is 3. The number of nitrogens with two attached hydrogens (primary N) is 1. The molecule has 0 spiro atoms. The molecule has 24 heavy (non-hydrogen) atoms. The van der Waals surface area contributed by atoms with Gasteiger partial charge >= 0.3 is 0 Å². The lowest BCUT2D eigenvalue weighted by Gasteiger charge is -2.20. The van der Waals surface area contributed by atoms with Gasteiger partial charge in [-0.1, -0.05) is 0 Å². The van der Waals surface area contributed by atoms with Gasteiger partial charge in [0, 0.05) is 29.6 Å². The highest BCUT2D eigenvalue weighted by Crippen LogP contribution is 2.54. The first-order valence-electron chi connectivity index (χ1n) is 9.56. The molecule has 2 aromatic rings. The van der Waals surface area contributed by atoms with Crippen LogP contribution in [-0.4, -0.2) is 26.7 Å². The summed E-state index contributed by atoms with van der Waals surface area (Å²) in [5.41, 5.74) is 9.57. The van der Waals surface area contributed by atoms with E-state index in [0.717, 1.165) is 48.1 Å². The number of anilines is 1. The predicted molar refractivity (Wildman–Crippen MR) is 95.2 cm³/mol. The third kappa shape index (κ3) is 2.59. The fraction of sp³-hybridized carbons (Fsp3) is 0.684. The zero-order valence-corrected chi connectivity index (χ0v) is 14.4. The van der Waals surface area contributed by atoms with Crippen LogP contribution < -0.4 is 11.1 Å². The monoisotopic (exact) mass is 325 g/mol. The molecule has 0 saturated heterocycles. The maximum Gasteiger partial charge on any atom is 0.160 e. The van der Waals surface area contributed by atoms with E-state index >= 15 is 0 Å². The van der Waals surface area contributed by atoms with Crippen LogP contribution in [0.2, 0.25) is 0 Å². The number of rotatable bonds is 5. The van der Waals surface area contributed by atoms with Gasteiger partial charge in [0.15, 0.2) is 5.65 Å². The fourth-order valence-corrected chi connectivity index (χ4v) is 4.50. The molecule has 3 saturated carbocycles. The highest BCUT2D eigenvalue weighted by atomic mass is 15.3. The minimum Gasteiger partial charge on any atom is -0.367 e. The molecule has 128 valence electrons. The fourth-order valence-electron chi connectivity index (χ4n) is 4.50. The summed E-state index contributed by atoms with van der Waals surface area (Å²) in [6.07, 6.45) is 10.8. The number of hydrogen-bond donors (Lipinski definition) is 2. The third-order valence-corrected chi connectivity index (χ3v) is 6.09. The van der Waals surface area contributed by atoms with E-state index < -0.39 is 0 Å². The quantitative estimate of drug-likeness (QED) is 0.885. The lowest BCUT2D eigenvalue weighted by Crippen LogP contribution is -2.22. The minimum absolute atomic E-state index is 0.337. The summed E-state index contributed by atoms with van der Waals surface area (Å²) in [4.78, 5) is 5.04. The van der Waals surface area contributed by atoms with Gasteiger partial charge in [-0.3, -0.25) is 0 Å². The van der Waals surface area contributed by atoms with Crippen molar-refractivity contribution < 1.29 is 0 Å². The van der Waals surface area contributed by atoms with Crippen LogP contribution >= 0.6 is 0 Å². The van der Waals surface area contributed by atoms with Crippen molar-refractivity contribution in [2.24, 2.45) is 17.6 Å².